The molecule has 1 aromatic carbocycles. The molecular formula is C16H8F6N2O4. The molecule has 0 aliphatic heterocycles. The van der Waals surface area contributed by atoms with E-state index in [1.807, 2.05) is 0 Å². The Morgan fingerprint density at radius 3 is 2.36 bits per heavy atom. The highest BCUT2D eigenvalue weighted by Gasteiger charge is 2.35. The van der Waals surface area contributed by atoms with Crippen LogP contribution in [0.2, 0.25) is 0 Å². The van der Waals surface area contributed by atoms with E-state index in [-0.39, 0.29) is 11.1 Å². The summed E-state index contributed by atoms with van der Waals surface area (Å²) in [4.78, 5) is 14.0. The average molecular weight is 406 g/mol. The summed E-state index contributed by atoms with van der Waals surface area (Å²) >= 11 is 0. The highest BCUT2D eigenvalue weighted by atomic mass is 19.4. The van der Waals surface area contributed by atoms with Gasteiger partial charge in [0, 0.05) is 17.5 Å². The molecule has 0 amide bonds. The summed E-state index contributed by atoms with van der Waals surface area (Å²) in [7, 11) is 0. The number of benzene rings is 1. The average Bonchev–Trinajstić information content (AvgIpc) is 3.06. The Kier molecular flexibility index (Phi) is 4.65. The Morgan fingerprint density at radius 2 is 1.79 bits per heavy atom. The van der Waals surface area contributed by atoms with Crippen molar-refractivity contribution in [1.29, 1.82) is 0 Å². The lowest BCUT2D eigenvalue weighted by Gasteiger charge is -2.14. The molecular weight excluding hydrogens is 398 g/mol. The molecule has 0 aliphatic rings. The van der Waals surface area contributed by atoms with E-state index in [2.05, 4.69) is 14.7 Å². The largest absolute Gasteiger partial charge is 0.486 e. The van der Waals surface area contributed by atoms with E-state index >= 15 is 0 Å². The normalized spacial score (nSPS) is 12.4. The van der Waals surface area contributed by atoms with Gasteiger partial charge in [-0.1, -0.05) is 5.16 Å². The van der Waals surface area contributed by atoms with Crippen LogP contribution in [0.15, 0.2) is 34.9 Å². The first kappa shape index (κ1) is 19.5. The van der Waals surface area contributed by atoms with Crippen LogP contribution in [-0.2, 0) is 19.0 Å². The highest BCUT2D eigenvalue weighted by molar-refractivity contribution is 5.86. The van der Waals surface area contributed by atoms with Crippen molar-refractivity contribution < 1.29 is 45.5 Å². The van der Waals surface area contributed by atoms with Gasteiger partial charge >= 0.3 is 18.3 Å². The van der Waals surface area contributed by atoms with E-state index in [9.17, 15) is 31.1 Å². The van der Waals surface area contributed by atoms with Gasteiger partial charge in [0.1, 0.15) is 23.7 Å². The number of halogens is 6. The Labute approximate surface area is 151 Å². The summed E-state index contributed by atoms with van der Waals surface area (Å²) in [5.74, 6) is -2.32. The quantitative estimate of drug-likeness (QED) is 0.641. The molecule has 0 spiro atoms. The fraction of sp³-hybridized carbons (Fsp3) is 0.188. The lowest BCUT2D eigenvalue weighted by molar-refractivity contribution is -0.141. The molecule has 2 heterocycles. The highest BCUT2D eigenvalue weighted by Crippen LogP contribution is 2.37. The SMILES string of the molecule is O=C(O)c1cc(COc2cc(C(F)(F)F)nc3cc(C(F)(F)F)ccc23)no1. The number of rotatable bonds is 4. The van der Waals surface area contributed by atoms with E-state index in [4.69, 9.17) is 9.84 Å². The van der Waals surface area contributed by atoms with Gasteiger partial charge < -0.3 is 14.4 Å². The smallest absolute Gasteiger partial charge is 0.433 e. The molecule has 3 aromatic rings. The van der Waals surface area contributed by atoms with Crippen molar-refractivity contribution in [2.45, 2.75) is 19.0 Å². The van der Waals surface area contributed by atoms with Crippen LogP contribution in [-0.4, -0.2) is 21.2 Å². The number of carbonyl (C=O) groups is 1. The van der Waals surface area contributed by atoms with Gasteiger partial charge in [0.15, 0.2) is 0 Å². The van der Waals surface area contributed by atoms with Gasteiger partial charge in [-0.05, 0) is 18.2 Å². The summed E-state index contributed by atoms with van der Waals surface area (Å²) in [6, 6.07) is 3.64. The summed E-state index contributed by atoms with van der Waals surface area (Å²) in [6.45, 7) is -0.478. The van der Waals surface area contributed by atoms with E-state index in [0.717, 1.165) is 12.1 Å². The second-order valence-electron chi connectivity index (χ2n) is 5.51. The van der Waals surface area contributed by atoms with Crippen LogP contribution in [0.3, 0.4) is 0 Å². The molecule has 0 radical (unpaired) electrons. The molecule has 0 bridgehead atoms. The number of ether oxygens (including phenoxy) is 1. The lowest BCUT2D eigenvalue weighted by atomic mass is 10.1. The molecule has 0 saturated heterocycles. The van der Waals surface area contributed by atoms with Crippen LogP contribution in [0.25, 0.3) is 10.9 Å². The molecule has 1 N–H and O–H groups in total. The molecule has 6 nitrogen and oxygen atoms in total. The predicted molar refractivity (Wildman–Crippen MR) is 79.5 cm³/mol. The molecule has 3 rings (SSSR count). The zero-order valence-corrected chi connectivity index (χ0v) is 13.4. The molecule has 12 heteroatoms. The van der Waals surface area contributed by atoms with E-state index in [1.54, 1.807) is 0 Å². The minimum Gasteiger partial charge on any atom is -0.486 e. The van der Waals surface area contributed by atoms with Gasteiger partial charge in [-0.3, -0.25) is 0 Å². The monoisotopic (exact) mass is 406 g/mol. The van der Waals surface area contributed by atoms with Gasteiger partial charge in [0.05, 0.1) is 11.1 Å². The minimum atomic E-state index is -4.93. The molecule has 148 valence electrons. The van der Waals surface area contributed by atoms with Gasteiger partial charge in [-0.15, -0.1) is 0 Å². The number of carboxylic acid groups (broad SMARTS) is 1. The summed E-state index contributed by atoms with van der Waals surface area (Å²) in [5.41, 5.74) is -3.21. The Balaban J connectivity index is 2.02. The first-order valence-electron chi connectivity index (χ1n) is 7.36. The second-order valence-corrected chi connectivity index (χ2v) is 5.51. The number of alkyl halides is 6. The summed E-state index contributed by atoms with van der Waals surface area (Å²) in [6.07, 6.45) is -9.69. The van der Waals surface area contributed by atoms with E-state index in [0.29, 0.717) is 18.2 Å². The van der Waals surface area contributed by atoms with Crippen LogP contribution < -0.4 is 4.74 Å². The standard InChI is InChI=1S/C16H8F6N2O4/c17-15(18,19)7-1-2-9-10(3-7)23-13(16(20,21)22)5-11(9)27-6-8-4-12(14(25)26)28-24-8/h1-5H,6H2,(H,25,26). The number of nitrogens with zero attached hydrogens (tertiary/aromatic N) is 2. The Bertz CT molecular complexity index is 1040. The number of carboxylic acids is 1. The van der Waals surface area contributed by atoms with Crippen molar-refractivity contribution in [2.75, 3.05) is 0 Å². The van der Waals surface area contributed by atoms with E-state index in [1.165, 1.54) is 0 Å². The maximum Gasteiger partial charge on any atom is 0.433 e. The number of hydrogen-bond acceptors (Lipinski definition) is 5. The maximum absolute atomic E-state index is 13.1. The predicted octanol–water partition coefficient (Wildman–Crippen LogP) is 4.54. The van der Waals surface area contributed by atoms with Gasteiger partial charge in [-0.2, -0.15) is 26.3 Å². The van der Waals surface area contributed by atoms with Crippen LogP contribution in [0.5, 0.6) is 5.75 Å². The second kappa shape index (κ2) is 6.69. The molecule has 0 aliphatic carbocycles. The number of fused-ring (bicyclic) bond motifs is 1. The number of aromatic carboxylic acids is 1. The van der Waals surface area contributed by atoms with Crippen molar-refractivity contribution >= 4 is 16.9 Å². The van der Waals surface area contributed by atoms with Gasteiger partial charge in [0.25, 0.3) is 0 Å². The van der Waals surface area contributed by atoms with Crippen molar-refractivity contribution in [2.24, 2.45) is 0 Å². The van der Waals surface area contributed by atoms with Crippen LogP contribution >= 0.6 is 0 Å². The maximum atomic E-state index is 13.1. The van der Waals surface area contributed by atoms with Crippen molar-refractivity contribution in [3.8, 4) is 5.75 Å². The van der Waals surface area contributed by atoms with Crippen molar-refractivity contribution in [3.63, 3.8) is 0 Å². The third kappa shape index (κ3) is 4.00. The molecule has 0 atom stereocenters. The fourth-order valence-electron chi connectivity index (χ4n) is 2.27. The molecule has 28 heavy (non-hydrogen) atoms. The Hall–Kier alpha value is -3.31. The lowest BCUT2D eigenvalue weighted by Crippen LogP contribution is -2.10. The zero-order valence-electron chi connectivity index (χ0n) is 13.4. The number of hydrogen-bond donors (Lipinski definition) is 1. The minimum absolute atomic E-state index is 0.0390. The molecule has 0 saturated carbocycles. The van der Waals surface area contributed by atoms with Crippen LogP contribution in [0.1, 0.15) is 27.5 Å². The first-order valence-corrected chi connectivity index (χ1v) is 7.36. The van der Waals surface area contributed by atoms with Crippen LogP contribution in [0, 0.1) is 0 Å². The first-order chi connectivity index (χ1) is 12.9. The topological polar surface area (TPSA) is 85.5 Å². The van der Waals surface area contributed by atoms with Crippen molar-refractivity contribution in [1.82, 2.24) is 10.1 Å². The summed E-state index contributed by atoms with van der Waals surface area (Å²) < 4.78 is 87.4. The van der Waals surface area contributed by atoms with Crippen molar-refractivity contribution in [3.05, 3.63) is 53.0 Å². The van der Waals surface area contributed by atoms with Crippen LogP contribution in [0.4, 0.5) is 26.3 Å². The fourth-order valence-corrected chi connectivity index (χ4v) is 2.27. The summed E-state index contributed by atoms with van der Waals surface area (Å²) in [5, 5.41) is 12.0. The molecule has 0 unspecified atom stereocenters. The zero-order chi connectivity index (χ0) is 20.7. The van der Waals surface area contributed by atoms with Gasteiger partial charge in [0.2, 0.25) is 5.76 Å². The third-order valence-corrected chi connectivity index (χ3v) is 3.53. The number of aromatic nitrogens is 2. The Morgan fingerprint density at radius 1 is 1.07 bits per heavy atom. The van der Waals surface area contributed by atoms with E-state index < -0.39 is 53.2 Å². The molecule has 0 fully saturated rings. The van der Waals surface area contributed by atoms with Gasteiger partial charge in [-0.25, -0.2) is 9.78 Å². The number of pyridine rings is 1. The molecule has 2 aromatic heterocycles. The third-order valence-electron chi connectivity index (χ3n) is 3.53.